The third-order valence-electron chi connectivity index (χ3n) is 2.40. The van der Waals surface area contributed by atoms with Crippen molar-refractivity contribution < 1.29 is 24.5 Å². The van der Waals surface area contributed by atoms with Crippen molar-refractivity contribution in [3.05, 3.63) is 23.3 Å². The summed E-state index contributed by atoms with van der Waals surface area (Å²) in [6.45, 7) is 0. The van der Waals surface area contributed by atoms with Gasteiger partial charge in [-0.3, -0.25) is 9.59 Å². The number of aryl methyl sites for hydroxylation is 1. The number of benzene rings is 1. The largest absolute Gasteiger partial charge is 0.504 e. The Balaban J connectivity index is 2.87. The van der Waals surface area contributed by atoms with Crippen molar-refractivity contribution in [3.63, 3.8) is 0 Å². The average molecular weight is 238 g/mol. The van der Waals surface area contributed by atoms with Gasteiger partial charge in [-0.05, 0) is 30.5 Å². The summed E-state index contributed by atoms with van der Waals surface area (Å²) in [5.74, 6) is -0.701. The molecule has 0 saturated heterocycles. The minimum atomic E-state index is -0.879. The number of carbonyl (C=O) groups is 2. The lowest BCUT2D eigenvalue weighted by atomic mass is 10.0. The first-order valence-electron chi connectivity index (χ1n) is 5.15. The Labute approximate surface area is 98.6 Å². The number of aliphatic carboxylic acids is 1. The third kappa shape index (κ3) is 3.48. The first kappa shape index (κ1) is 13.0. The van der Waals surface area contributed by atoms with Crippen LogP contribution in [-0.2, 0) is 11.2 Å². The van der Waals surface area contributed by atoms with Crippen LogP contribution in [0.15, 0.2) is 12.1 Å². The number of aromatic hydroxyl groups is 1. The van der Waals surface area contributed by atoms with E-state index in [0.717, 1.165) is 0 Å². The molecular formula is C12H14O5. The Bertz CT molecular complexity index is 425. The van der Waals surface area contributed by atoms with Crippen LogP contribution < -0.4 is 4.74 Å². The molecule has 5 heteroatoms. The van der Waals surface area contributed by atoms with Crippen LogP contribution in [0.25, 0.3) is 0 Å². The number of rotatable bonds is 6. The standard InChI is InChI=1S/C12H14O5/c1-17-11-6-9(7-13)8(5-10(11)14)3-2-4-12(15)16/h5-7,14H,2-4H2,1H3,(H,15,16). The Morgan fingerprint density at radius 2 is 2.18 bits per heavy atom. The second kappa shape index (κ2) is 5.89. The normalized spacial score (nSPS) is 9.94. The van der Waals surface area contributed by atoms with Crippen LogP contribution >= 0.6 is 0 Å². The lowest BCUT2D eigenvalue weighted by molar-refractivity contribution is -0.137. The zero-order valence-corrected chi connectivity index (χ0v) is 9.47. The van der Waals surface area contributed by atoms with E-state index in [-0.39, 0.29) is 17.9 Å². The predicted octanol–water partition coefficient (Wildman–Crippen LogP) is 1.62. The van der Waals surface area contributed by atoms with Crippen molar-refractivity contribution in [2.24, 2.45) is 0 Å². The summed E-state index contributed by atoms with van der Waals surface area (Å²) in [5, 5.41) is 18.1. The van der Waals surface area contributed by atoms with Gasteiger partial charge in [-0.2, -0.15) is 0 Å². The number of ether oxygens (including phenoxy) is 1. The van der Waals surface area contributed by atoms with Crippen molar-refractivity contribution in [2.45, 2.75) is 19.3 Å². The molecule has 0 radical (unpaired) electrons. The summed E-state index contributed by atoms with van der Waals surface area (Å²) in [7, 11) is 1.40. The molecule has 17 heavy (non-hydrogen) atoms. The second-order valence-corrected chi connectivity index (χ2v) is 3.59. The summed E-state index contributed by atoms with van der Waals surface area (Å²) in [6, 6.07) is 2.88. The number of carboxylic acid groups (broad SMARTS) is 1. The van der Waals surface area contributed by atoms with Gasteiger partial charge in [0.25, 0.3) is 0 Å². The van der Waals surface area contributed by atoms with Gasteiger partial charge >= 0.3 is 5.97 Å². The predicted molar refractivity (Wildman–Crippen MR) is 60.6 cm³/mol. The molecule has 2 N–H and O–H groups in total. The van der Waals surface area contributed by atoms with Gasteiger partial charge in [-0.1, -0.05) is 0 Å². The number of methoxy groups -OCH3 is 1. The lowest BCUT2D eigenvalue weighted by Gasteiger charge is -2.08. The smallest absolute Gasteiger partial charge is 0.303 e. The summed E-state index contributed by atoms with van der Waals surface area (Å²) in [5.41, 5.74) is 1.03. The van der Waals surface area contributed by atoms with Gasteiger partial charge in [-0.15, -0.1) is 0 Å². The highest BCUT2D eigenvalue weighted by Gasteiger charge is 2.09. The summed E-state index contributed by atoms with van der Waals surface area (Å²) < 4.78 is 4.88. The number of carbonyl (C=O) groups excluding carboxylic acids is 1. The molecule has 0 saturated carbocycles. The van der Waals surface area contributed by atoms with E-state index in [0.29, 0.717) is 30.3 Å². The van der Waals surface area contributed by atoms with Crippen LogP contribution in [0.2, 0.25) is 0 Å². The molecule has 1 aromatic rings. The Hall–Kier alpha value is -2.04. The van der Waals surface area contributed by atoms with E-state index in [1.807, 2.05) is 0 Å². The van der Waals surface area contributed by atoms with Gasteiger partial charge in [0.1, 0.15) is 6.29 Å². The van der Waals surface area contributed by atoms with E-state index < -0.39 is 5.97 Å². The number of hydrogen-bond acceptors (Lipinski definition) is 4. The maximum Gasteiger partial charge on any atom is 0.303 e. The molecule has 0 spiro atoms. The first-order valence-corrected chi connectivity index (χ1v) is 5.15. The van der Waals surface area contributed by atoms with Gasteiger partial charge in [0.05, 0.1) is 7.11 Å². The molecule has 0 aliphatic rings. The number of carboxylic acids is 1. The van der Waals surface area contributed by atoms with E-state index in [9.17, 15) is 14.7 Å². The Kier molecular flexibility index (Phi) is 4.51. The van der Waals surface area contributed by atoms with E-state index in [1.54, 1.807) is 0 Å². The van der Waals surface area contributed by atoms with E-state index in [1.165, 1.54) is 19.2 Å². The molecule has 0 aromatic heterocycles. The lowest BCUT2D eigenvalue weighted by Crippen LogP contribution is -1.99. The molecule has 1 aromatic carbocycles. The monoisotopic (exact) mass is 238 g/mol. The average Bonchev–Trinajstić information content (AvgIpc) is 2.29. The van der Waals surface area contributed by atoms with Crippen molar-refractivity contribution >= 4 is 12.3 Å². The van der Waals surface area contributed by atoms with Crippen LogP contribution in [0.1, 0.15) is 28.8 Å². The van der Waals surface area contributed by atoms with Crippen LogP contribution in [0.3, 0.4) is 0 Å². The quantitative estimate of drug-likeness (QED) is 0.736. The van der Waals surface area contributed by atoms with Gasteiger partial charge in [0, 0.05) is 12.0 Å². The molecule has 0 fully saturated rings. The topological polar surface area (TPSA) is 83.8 Å². The molecule has 1 rings (SSSR count). The highest BCUT2D eigenvalue weighted by Crippen LogP contribution is 2.29. The van der Waals surface area contributed by atoms with Crippen LogP contribution in [-0.4, -0.2) is 29.6 Å². The molecule has 0 bridgehead atoms. The number of hydrogen-bond donors (Lipinski definition) is 2. The van der Waals surface area contributed by atoms with Crippen molar-refractivity contribution in [2.75, 3.05) is 7.11 Å². The number of phenolic OH excluding ortho intramolecular Hbond substituents is 1. The van der Waals surface area contributed by atoms with Gasteiger partial charge < -0.3 is 14.9 Å². The first-order chi connectivity index (χ1) is 8.08. The minimum absolute atomic E-state index is 0.0328. The highest BCUT2D eigenvalue weighted by atomic mass is 16.5. The fourth-order valence-electron chi connectivity index (χ4n) is 1.55. The van der Waals surface area contributed by atoms with Crippen molar-refractivity contribution in [1.29, 1.82) is 0 Å². The molecule has 0 heterocycles. The van der Waals surface area contributed by atoms with Crippen LogP contribution in [0.4, 0.5) is 0 Å². The maximum absolute atomic E-state index is 10.9. The number of phenols is 1. The SMILES string of the molecule is COc1cc(C=O)c(CCCC(=O)O)cc1O. The van der Waals surface area contributed by atoms with E-state index in [4.69, 9.17) is 9.84 Å². The molecule has 0 amide bonds. The van der Waals surface area contributed by atoms with Gasteiger partial charge in [0.15, 0.2) is 11.5 Å². The van der Waals surface area contributed by atoms with Crippen molar-refractivity contribution in [3.8, 4) is 11.5 Å². The maximum atomic E-state index is 10.9. The molecule has 92 valence electrons. The third-order valence-corrected chi connectivity index (χ3v) is 2.40. The Morgan fingerprint density at radius 3 is 2.71 bits per heavy atom. The molecule has 5 nitrogen and oxygen atoms in total. The number of aldehydes is 1. The zero-order chi connectivity index (χ0) is 12.8. The fraction of sp³-hybridized carbons (Fsp3) is 0.333. The van der Waals surface area contributed by atoms with E-state index in [2.05, 4.69) is 0 Å². The summed E-state index contributed by atoms with van der Waals surface area (Å²) in [6.07, 6.45) is 1.54. The fourth-order valence-corrected chi connectivity index (χ4v) is 1.55. The Morgan fingerprint density at radius 1 is 1.47 bits per heavy atom. The van der Waals surface area contributed by atoms with Gasteiger partial charge in [0.2, 0.25) is 0 Å². The van der Waals surface area contributed by atoms with Crippen LogP contribution in [0, 0.1) is 0 Å². The van der Waals surface area contributed by atoms with E-state index >= 15 is 0 Å². The molecule has 0 atom stereocenters. The molecule has 0 aliphatic heterocycles. The van der Waals surface area contributed by atoms with Gasteiger partial charge in [-0.25, -0.2) is 0 Å². The highest BCUT2D eigenvalue weighted by molar-refractivity contribution is 5.79. The molecule has 0 aliphatic carbocycles. The second-order valence-electron chi connectivity index (χ2n) is 3.59. The molecular weight excluding hydrogens is 224 g/mol. The molecule has 0 unspecified atom stereocenters. The van der Waals surface area contributed by atoms with Crippen LogP contribution in [0.5, 0.6) is 11.5 Å². The minimum Gasteiger partial charge on any atom is -0.504 e. The summed E-state index contributed by atoms with van der Waals surface area (Å²) in [4.78, 5) is 21.2. The van der Waals surface area contributed by atoms with Crippen molar-refractivity contribution in [1.82, 2.24) is 0 Å². The zero-order valence-electron chi connectivity index (χ0n) is 9.47. The summed E-state index contributed by atoms with van der Waals surface area (Å²) >= 11 is 0.